The van der Waals surface area contributed by atoms with Gasteiger partial charge in [0.25, 0.3) is 0 Å². The summed E-state index contributed by atoms with van der Waals surface area (Å²) < 4.78 is 27.2. The number of para-hydroxylation sites is 1. The highest BCUT2D eigenvalue weighted by Gasteiger charge is 2.34. The van der Waals surface area contributed by atoms with Crippen LogP contribution in [-0.4, -0.2) is 31.7 Å². The van der Waals surface area contributed by atoms with E-state index in [0.717, 1.165) is 0 Å². The number of hydrogen-bond donors (Lipinski definition) is 1. The maximum absolute atomic E-state index is 13.0. The number of anilines is 1. The summed E-state index contributed by atoms with van der Waals surface area (Å²) in [6.07, 6.45) is 1.16. The molecule has 1 fully saturated rings. The van der Waals surface area contributed by atoms with Crippen molar-refractivity contribution in [3.8, 4) is 0 Å². The molecule has 1 aliphatic heterocycles. The van der Waals surface area contributed by atoms with Gasteiger partial charge in [0.2, 0.25) is 15.9 Å². The summed E-state index contributed by atoms with van der Waals surface area (Å²) in [6.45, 7) is 0.391. The molecule has 2 aromatic carbocycles. The van der Waals surface area contributed by atoms with E-state index in [9.17, 15) is 13.2 Å². The molecule has 1 amide bonds. The van der Waals surface area contributed by atoms with Crippen LogP contribution < -0.4 is 5.32 Å². The van der Waals surface area contributed by atoms with Gasteiger partial charge in [-0.1, -0.05) is 46.9 Å². The van der Waals surface area contributed by atoms with E-state index in [0.29, 0.717) is 30.1 Å². The van der Waals surface area contributed by atoms with Gasteiger partial charge in [0, 0.05) is 18.1 Å². The first kappa shape index (κ1) is 20.4. The molecule has 1 saturated heterocycles. The molecule has 9 heteroatoms. The van der Waals surface area contributed by atoms with E-state index >= 15 is 0 Å². The summed E-state index contributed by atoms with van der Waals surface area (Å²) in [5.74, 6) is -0.747. The molecule has 0 aliphatic carbocycles. The third-order valence-corrected chi connectivity index (χ3v) is 7.31. The number of benzene rings is 2. The SMILES string of the molecule is O=C(Nc1ccccc1Cl)[C@H]1CCCN(S(=O)(=O)c2cc(Cl)ccc2Cl)C1. The van der Waals surface area contributed by atoms with Gasteiger partial charge >= 0.3 is 0 Å². The second-order valence-electron chi connectivity index (χ2n) is 6.25. The highest BCUT2D eigenvalue weighted by molar-refractivity contribution is 7.89. The molecular formula is C18H17Cl3N2O3S. The Morgan fingerprint density at radius 1 is 1.07 bits per heavy atom. The van der Waals surface area contributed by atoms with Crippen LogP contribution in [0.2, 0.25) is 15.1 Å². The summed E-state index contributed by atoms with van der Waals surface area (Å²) in [7, 11) is -3.85. The molecule has 27 heavy (non-hydrogen) atoms. The maximum atomic E-state index is 13.0. The number of carbonyl (C=O) groups excluding carboxylic acids is 1. The van der Waals surface area contributed by atoms with Crippen molar-refractivity contribution in [1.82, 2.24) is 4.31 Å². The van der Waals surface area contributed by atoms with Gasteiger partial charge in [0.05, 0.1) is 21.7 Å². The van der Waals surface area contributed by atoms with Crippen LogP contribution in [0.15, 0.2) is 47.4 Å². The van der Waals surface area contributed by atoms with E-state index in [2.05, 4.69) is 5.32 Å². The van der Waals surface area contributed by atoms with Gasteiger partial charge in [0.15, 0.2) is 0 Å². The van der Waals surface area contributed by atoms with Crippen molar-refractivity contribution >= 4 is 56.4 Å². The number of piperidine rings is 1. The lowest BCUT2D eigenvalue weighted by molar-refractivity contribution is -0.120. The number of rotatable bonds is 4. The van der Waals surface area contributed by atoms with Gasteiger partial charge in [-0.05, 0) is 43.2 Å². The fourth-order valence-corrected chi connectivity index (χ4v) is 5.43. The van der Waals surface area contributed by atoms with Crippen molar-refractivity contribution in [3.63, 3.8) is 0 Å². The lowest BCUT2D eigenvalue weighted by atomic mass is 9.99. The first-order valence-electron chi connectivity index (χ1n) is 8.29. The van der Waals surface area contributed by atoms with Crippen LogP contribution in [0.4, 0.5) is 5.69 Å². The van der Waals surface area contributed by atoms with Gasteiger partial charge in [-0.2, -0.15) is 4.31 Å². The zero-order chi connectivity index (χ0) is 19.6. The van der Waals surface area contributed by atoms with Crippen LogP contribution in [0.5, 0.6) is 0 Å². The molecule has 5 nitrogen and oxygen atoms in total. The van der Waals surface area contributed by atoms with Crippen LogP contribution in [-0.2, 0) is 14.8 Å². The van der Waals surface area contributed by atoms with Crippen molar-refractivity contribution in [1.29, 1.82) is 0 Å². The van der Waals surface area contributed by atoms with Gasteiger partial charge < -0.3 is 5.32 Å². The van der Waals surface area contributed by atoms with Crippen LogP contribution in [0.3, 0.4) is 0 Å². The number of nitrogens with one attached hydrogen (secondary N) is 1. The number of hydrogen-bond acceptors (Lipinski definition) is 3. The van der Waals surface area contributed by atoms with Crippen molar-refractivity contribution in [2.24, 2.45) is 5.92 Å². The van der Waals surface area contributed by atoms with Crippen LogP contribution in [0, 0.1) is 5.92 Å². The number of halogens is 3. The van der Waals surface area contributed by atoms with Crippen LogP contribution in [0.1, 0.15) is 12.8 Å². The second-order valence-corrected chi connectivity index (χ2v) is 9.40. The third-order valence-electron chi connectivity index (χ3n) is 4.40. The number of carbonyl (C=O) groups is 1. The Hall–Kier alpha value is -1.31. The topological polar surface area (TPSA) is 66.5 Å². The molecule has 144 valence electrons. The van der Waals surface area contributed by atoms with Crippen molar-refractivity contribution in [2.45, 2.75) is 17.7 Å². The maximum Gasteiger partial charge on any atom is 0.244 e. The minimum atomic E-state index is -3.85. The molecule has 0 spiro atoms. The number of amides is 1. The van der Waals surface area contributed by atoms with Crippen molar-refractivity contribution in [3.05, 3.63) is 57.5 Å². The smallest absolute Gasteiger partial charge is 0.244 e. The Bertz CT molecular complexity index is 966. The Labute approximate surface area is 173 Å². The molecule has 1 heterocycles. The molecule has 0 saturated carbocycles. The molecular weight excluding hydrogens is 431 g/mol. The zero-order valence-electron chi connectivity index (χ0n) is 14.2. The van der Waals surface area contributed by atoms with E-state index in [4.69, 9.17) is 34.8 Å². The Kier molecular flexibility index (Phi) is 6.33. The van der Waals surface area contributed by atoms with E-state index in [1.165, 1.54) is 22.5 Å². The lowest BCUT2D eigenvalue weighted by Gasteiger charge is -2.31. The summed E-state index contributed by atoms with van der Waals surface area (Å²) in [5.41, 5.74) is 0.502. The molecule has 0 bridgehead atoms. The normalized spacial score (nSPS) is 18.3. The quantitative estimate of drug-likeness (QED) is 0.739. The summed E-state index contributed by atoms with van der Waals surface area (Å²) in [4.78, 5) is 12.6. The monoisotopic (exact) mass is 446 g/mol. The standard InChI is InChI=1S/C18H17Cl3N2O3S/c19-13-7-8-15(21)17(10-13)27(25,26)23-9-3-4-12(11-23)18(24)22-16-6-2-1-5-14(16)20/h1-2,5-8,10,12H,3-4,9,11H2,(H,22,24)/t12-/m0/s1. The zero-order valence-corrected chi connectivity index (χ0v) is 17.2. The van der Waals surface area contributed by atoms with E-state index in [-0.39, 0.29) is 27.4 Å². The molecule has 3 rings (SSSR count). The average Bonchev–Trinajstić information content (AvgIpc) is 2.65. The van der Waals surface area contributed by atoms with E-state index in [1.54, 1.807) is 24.3 Å². The minimum Gasteiger partial charge on any atom is -0.324 e. The average molecular weight is 448 g/mol. The predicted molar refractivity (Wildman–Crippen MR) is 108 cm³/mol. The molecule has 0 aromatic heterocycles. The highest BCUT2D eigenvalue weighted by Crippen LogP contribution is 2.31. The van der Waals surface area contributed by atoms with Crippen LogP contribution >= 0.6 is 34.8 Å². The first-order chi connectivity index (χ1) is 12.8. The Balaban J connectivity index is 1.78. The highest BCUT2D eigenvalue weighted by atomic mass is 35.5. The number of sulfonamides is 1. The number of nitrogens with zero attached hydrogens (tertiary/aromatic N) is 1. The molecule has 1 N–H and O–H groups in total. The molecule has 1 atom stereocenters. The van der Waals surface area contributed by atoms with Gasteiger partial charge in [-0.25, -0.2) is 8.42 Å². The Morgan fingerprint density at radius 3 is 2.56 bits per heavy atom. The fraction of sp³-hybridized carbons (Fsp3) is 0.278. The second kappa shape index (κ2) is 8.37. The van der Waals surface area contributed by atoms with Crippen molar-refractivity contribution in [2.75, 3.05) is 18.4 Å². The van der Waals surface area contributed by atoms with E-state index in [1.807, 2.05) is 0 Å². The Morgan fingerprint density at radius 2 is 1.81 bits per heavy atom. The fourth-order valence-electron chi connectivity index (χ4n) is 2.99. The molecule has 2 aromatic rings. The largest absolute Gasteiger partial charge is 0.324 e. The minimum absolute atomic E-state index is 0.0520. The van der Waals surface area contributed by atoms with Crippen LogP contribution in [0.25, 0.3) is 0 Å². The third kappa shape index (κ3) is 4.58. The molecule has 1 aliphatic rings. The van der Waals surface area contributed by atoms with E-state index < -0.39 is 15.9 Å². The van der Waals surface area contributed by atoms with Gasteiger partial charge in [-0.15, -0.1) is 0 Å². The summed E-state index contributed by atoms with van der Waals surface area (Å²) >= 11 is 18.1. The lowest BCUT2D eigenvalue weighted by Crippen LogP contribution is -2.43. The molecule has 0 radical (unpaired) electrons. The summed E-state index contributed by atoms with van der Waals surface area (Å²) in [5, 5.41) is 3.58. The van der Waals surface area contributed by atoms with Crippen molar-refractivity contribution < 1.29 is 13.2 Å². The van der Waals surface area contributed by atoms with Gasteiger partial charge in [0.1, 0.15) is 4.90 Å². The van der Waals surface area contributed by atoms with Gasteiger partial charge in [-0.3, -0.25) is 4.79 Å². The first-order valence-corrected chi connectivity index (χ1v) is 10.9. The predicted octanol–water partition coefficient (Wildman–Crippen LogP) is 4.69. The molecule has 0 unspecified atom stereocenters. The summed E-state index contributed by atoms with van der Waals surface area (Å²) in [6, 6.07) is 11.2.